The van der Waals surface area contributed by atoms with Gasteiger partial charge in [0.1, 0.15) is 11.9 Å². The van der Waals surface area contributed by atoms with Crippen LogP contribution in [0.25, 0.3) is 0 Å². The Morgan fingerprint density at radius 2 is 1.83 bits per heavy atom. The molecule has 2 aromatic rings. The van der Waals surface area contributed by atoms with Crippen molar-refractivity contribution in [2.75, 3.05) is 0 Å². The molecular weight excluding hydrogens is 243 g/mol. The predicted octanol–water partition coefficient (Wildman–Crippen LogP) is 2.89. The quantitative estimate of drug-likeness (QED) is 0.892. The first-order valence-electron chi connectivity index (χ1n) is 5.23. The molecule has 2 nitrogen and oxygen atoms in total. The molecule has 0 amide bonds. The lowest BCUT2D eigenvalue weighted by atomic mass is 10.0. The van der Waals surface area contributed by atoms with Gasteiger partial charge in [-0.2, -0.15) is 0 Å². The number of hydrogen-bond donors (Lipinski definition) is 1. The van der Waals surface area contributed by atoms with Crippen molar-refractivity contribution in [1.29, 1.82) is 0 Å². The lowest BCUT2D eigenvalue weighted by molar-refractivity contribution is 0.212. The molecule has 0 saturated heterocycles. The van der Waals surface area contributed by atoms with Crippen molar-refractivity contribution in [2.24, 2.45) is 0 Å². The van der Waals surface area contributed by atoms with E-state index in [4.69, 9.17) is 0 Å². The zero-order valence-electron chi connectivity index (χ0n) is 9.49. The molecule has 0 bridgehead atoms. The van der Waals surface area contributed by atoms with E-state index in [1.54, 1.807) is 0 Å². The van der Waals surface area contributed by atoms with Crippen LogP contribution in [0.1, 0.15) is 22.8 Å². The summed E-state index contributed by atoms with van der Waals surface area (Å²) in [5, 5.41) is 9.90. The van der Waals surface area contributed by atoms with Crippen molar-refractivity contribution < 1.29 is 18.3 Å². The van der Waals surface area contributed by atoms with Gasteiger partial charge in [0.2, 0.25) is 0 Å². The number of hydrogen-bond acceptors (Lipinski definition) is 2. The molecule has 0 fully saturated rings. The molecule has 18 heavy (non-hydrogen) atoms. The molecule has 1 aromatic heterocycles. The number of aromatic nitrogens is 1. The molecule has 1 unspecified atom stereocenters. The zero-order chi connectivity index (χ0) is 13.3. The molecule has 0 aliphatic carbocycles. The van der Waals surface area contributed by atoms with Crippen molar-refractivity contribution in [1.82, 2.24) is 4.98 Å². The number of aliphatic hydroxyl groups is 1. The van der Waals surface area contributed by atoms with Gasteiger partial charge in [0.15, 0.2) is 11.6 Å². The minimum absolute atomic E-state index is 0.0668. The van der Waals surface area contributed by atoms with E-state index in [0.29, 0.717) is 0 Å². The summed E-state index contributed by atoms with van der Waals surface area (Å²) in [7, 11) is 0. The highest BCUT2D eigenvalue weighted by Crippen LogP contribution is 2.26. The normalized spacial score (nSPS) is 12.5. The third-order valence-corrected chi connectivity index (χ3v) is 2.64. The molecule has 5 heteroatoms. The van der Waals surface area contributed by atoms with Crippen molar-refractivity contribution in [2.45, 2.75) is 13.0 Å². The molecular formula is C13H10F3NO. The van der Waals surface area contributed by atoms with Crippen molar-refractivity contribution in [3.05, 3.63) is 64.7 Å². The van der Waals surface area contributed by atoms with E-state index in [1.165, 1.54) is 25.3 Å². The largest absolute Gasteiger partial charge is 0.383 e. The van der Waals surface area contributed by atoms with Gasteiger partial charge in [-0.3, -0.25) is 4.98 Å². The van der Waals surface area contributed by atoms with Gasteiger partial charge in [0.25, 0.3) is 0 Å². The van der Waals surface area contributed by atoms with Crippen LogP contribution in [0.2, 0.25) is 0 Å². The Balaban J connectivity index is 2.46. The second-order valence-electron chi connectivity index (χ2n) is 3.94. The van der Waals surface area contributed by atoms with Crippen LogP contribution in [-0.4, -0.2) is 10.1 Å². The smallest absolute Gasteiger partial charge is 0.165 e. The van der Waals surface area contributed by atoms with E-state index < -0.39 is 23.6 Å². The van der Waals surface area contributed by atoms with Gasteiger partial charge in [-0.1, -0.05) is 12.1 Å². The van der Waals surface area contributed by atoms with E-state index in [9.17, 15) is 18.3 Å². The number of benzene rings is 1. The monoisotopic (exact) mass is 253 g/mol. The highest BCUT2D eigenvalue weighted by atomic mass is 19.2. The Kier molecular flexibility index (Phi) is 3.34. The van der Waals surface area contributed by atoms with Gasteiger partial charge in [-0.25, -0.2) is 13.2 Å². The van der Waals surface area contributed by atoms with Gasteiger partial charge in [-0.05, 0) is 18.6 Å². The fourth-order valence-electron chi connectivity index (χ4n) is 1.63. The molecule has 1 heterocycles. The van der Waals surface area contributed by atoms with Crippen LogP contribution in [0.5, 0.6) is 0 Å². The van der Waals surface area contributed by atoms with Crippen LogP contribution in [0.4, 0.5) is 13.2 Å². The first-order chi connectivity index (χ1) is 8.50. The highest BCUT2D eigenvalue weighted by molar-refractivity contribution is 5.32. The fourth-order valence-corrected chi connectivity index (χ4v) is 1.63. The third kappa shape index (κ3) is 2.22. The van der Waals surface area contributed by atoms with Crippen molar-refractivity contribution >= 4 is 0 Å². The number of halogens is 3. The first-order valence-corrected chi connectivity index (χ1v) is 5.23. The minimum Gasteiger partial charge on any atom is -0.383 e. The molecule has 0 aliphatic rings. The molecule has 94 valence electrons. The summed E-state index contributed by atoms with van der Waals surface area (Å²) in [5.74, 6) is -2.80. The molecule has 0 aliphatic heterocycles. The van der Waals surface area contributed by atoms with Gasteiger partial charge in [0.05, 0.1) is 6.20 Å². The third-order valence-electron chi connectivity index (χ3n) is 2.64. The van der Waals surface area contributed by atoms with E-state index in [1.807, 2.05) is 0 Å². The Bertz CT molecular complexity index is 586. The summed E-state index contributed by atoms with van der Waals surface area (Å²) in [6.07, 6.45) is 0.705. The molecule has 1 N–H and O–H groups in total. The Morgan fingerprint density at radius 1 is 1.11 bits per heavy atom. The topological polar surface area (TPSA) is 33.1 Å². The SMILES string of the molecule is Cc1ccc(C(O)c2cncc(F)c2)c(F)c1F. The lowest BCUT2D eigenvalue weighted by Gasteiger charge is -2.13. The van der Waals surface area contributed by atoms with Crippen LogP contribution >= 0.6 is 0 Å². The maximum absolute atomic E-state index is 13.6. The van der Waals surface area contributed by atoms with E-state index in [-0.39, 0.29) is 16.7 Å². The molecule has 1 atom stereocenters. The number of aryl methyl sites for hydroxylation is 1. The number of aliphatic hydroxyl groups excluding tert-OH is 1. The summed E-state index contributed by atoms with van der Waals surface area (Å²) in [4.78, 5) is 3.55. The number of rotatable bonds is 2. The summed E-state index contributed by atoms with van der Waals surface area (Å²) >= 11 is 0. The average molecular weight is 253 g/mol. The Hall–Kier alpha value is -1.88. The summed E-state index contributed by atoms with van der Waals surface area (Å²) in [6.45, 7) is 1.41. The summed E-state index contributed by atoms with van der Waals surface area (Å²) in [5.41, 5.74) is -0.0385. The molecule has 0 radical (unpaired) electrons. The molecule has 1 aromatic carbocycles. The van der Waals surface area contributed by atoms with Gasteiger partial charge < -0.3 is 5.11 Å². The zero-order valence-corrected chi connectivity index (χ0v) is 9.49. The summed E-state index contributed by atoms with van der Waals surface area (Å²) < 4.78 is 40.0. The lowest BCUT2D eigenvalue weighted by Crippen LogP contribution is -2.06. The predicted molar refractivity (Wildman–Crippen MR) is 59.4 cm³/mol. The van der Waals surface area contributed by atoms with Gasteiger partial charge >= 0.3 is 0 Å². The Morgan fingerprint density at radius 3 is 2.50 bits per heavy atom. The van der Waals surface area contributed by atoms with E-state index in [2.05, 4.69) is 4.98 Å². The van der Waals surface area contributed by atoms with Crippen LogP contribution in [-0.2, 0) is 0 Å². The standard InChI is InChI=1S/C13H10F3NO/c1-7-2-3-10(12(16)11(7)15)13(18)8-4-9(14)6-17-5-8/h2-6,13,18H,1H3. The molecule has 2 rings (SSSR count). The number of pyridine rings is 1. The maximum Gasteiger partial charge on any atom is 0.165 e. The molecule has 0 saturated carbocycles. The van der Waals surface area contributed by atoms with Crippen LogP contribution < -0.4 is 0 Å². The Labute approximate surface area is 102 Å². The number of nitrogens with zero attached hydrogens (tertiary/aromatic N) is 1. The van der Waals surface area contributed by atoms with E-state index in [0.717, 1.165) is 12.3 Å². The van der Waals surface area contributed by atoms with Gasteiger partial charge in [-0.15, -0.1) is 0 Å². The highest BCUT2D eigenvalue weighted by Gasteiger charge is 2.19. The van der Waals surface area contributed by atoms with Crippen LogP contribution in [0.3, 0.4) is 0 Å². The first kappa shape index (κ1) is 12.6. The fraction of sp³-hybridized carbons (Fsp3) is 0.154. The van der Waals surface area contributed by atoms with Crippen molar-refractivity contribution in [3.63, 3.8) is 0 Å². The van der Waals surface area contributed by atoms with Crippen LogP contribution in [0.15, 0.2) is 30.6 Å². The maximum atomic E-state index is 13.6. The second kappa shape index (κ2) is 4.78. The minimum atomic E-state index is -1.46. The second-order valence-corrected chi connectivity index (χ2v) is 3.94. The average Bonchev–Trinajstić information content (AvgIpc) is 2.35. The summed E-state index contributed by atoms with van der Waals surface area (Å²) in [6, 6.07) is 3.64. The van der Waals surface area contributed by atoms with Gasteiger partial charge in [0, 0.05) is 17.3 Å². The van der Waals surface area contributed by atoms with Crippen molar-refractivity contribution in [3.8, 4) is 0 Å². The van der Waals surface area contributed by atoms with E-state index >= 15 is 0 Å². The van der Waals surface area contributed by atoms with Crippen LogP contribution in [0, 0.1) is 24.4 Å². The molecule has 0 spiro atoms.